The van der Waals surface area contributed by atoms with Crippen LogP contribution in [0.2, 0.25) is 0 Å². The number of carbonyl (C=O) groups excluding carboxylic acids is 2. The van der Waals surface area contributed by atoms with E-state index in [1.807, 2.05) is 0 Å². The van der Waals surface area contributed by atoms with Crippen LogP contribution in [0.1, 0.15) is 22.9 Å². The Bertz CT molecular complexity index is 1240. The minimum atomic E-state index is -0.948. The third-order valence-corrected chi connectivity index (χ3v) is 5.81. The number of hydrogen-bond donors (Lipinski definition) is 1. The molecule has 0 bridgehead atoms. The molecular formula is C26H25NO8. The third kappa shape index (κ3) is 4.28. The van der Waals surface area contributed by atoms with Crippen molar-refractivity contribution >= 4 is 17.4 Å². The average Bonchev–Trinajstić information content (AvgIpc) is 3.49. The first-order chi connectivity index (χ1) is 16.9. The molecule has 2 aromatic carbocycles. The number of Topliss-reactive ketones (excluding diaryl/α,β-unsaturated/α-hetero) is 1. The predicted octanol–water partition coefficient (Wildman–Crippen LogP) is 3.94. The lowest BCUT2D eigenvalue weighted by Gasteiger charge is -2.26. The molecule has 0 aliphatic carbocycles. The number of aliphatic hydroxyl groups is 1. The Morgan fingerprint density at radius 2 is 1.60 bits per heavy atom. The van der Waals surface area contributed by atoms with E-state index in [0.29, 0.717) is 39.9 Å². The van der Waals surface area contributed by atoms with Crippen molar-refractivity contribution in [2.75, 3.05) is 28.4 Å². The first-order valence-electron chi connectivity index (χ1n) is 10.7. The van der Waals surface area contributed by atoms with Gasteiger partial charge in [0, 0.05) is 5.56 Å². The number of ketones is 1. The van der Waals surface area contributed by atoms with E-state index in [4.69, 9.17) is 23.4 Å². The lowest BCUT2D eigenvalue weighted by Crippen LogP contribution is -2.29. The fourth-order valence-electron chi connectivity index (χ4n) is 4.12. The van der Waals surface area contributed by atoms with Gasteiger partial charge in [0.05, 0.1) is 52.9 Å². The zero-order chi connectivity index (χ0) is 25.1. The van der Waals surface area contributed by atoms with Gasteiger partial charge in [-0.3, -0.25) is 9.59 Å². The van der Waals surface area contributed by atoms with Crippen molar-refractivity contribution in [2.24, 2.45) is 0 Å². The standard InChI is InChI=1S/C26H25NO8/c1-31-17-9-7-15(8-10-17)23(28)21-22(16-12-19(32-2)25(34-4)20(13-16)33-3)27(26(30)24(21)29)14-18-6-5-11-35-18/h5-13,22,28H,14H2,1-4H3/t22-/m1/s1. The van der Waals surface area contributed by atoms with E-state index in [9.17, 15) is 14.7 Å². The van der Waals surface area contributed by atoms with Gasteiger partial charge in [0.1, 0.15) is 17.3 Å². The van der Waals surface area contributed by atoms with Crippen LogP contribution in [0.5, 0.6) is 23.0 Å². The van der Waals surface area contributed by atoms with Crippen molar-refractivity contribution in [3.8, 4) is 23.0 Å². The van der Waals surface area contributed by atoms with E-state index in [1.54, 1.807) is 48.5 Å². The number of ether oxygens (including phenoxy) is 4. The zero-order valence-corrected chi connectivity index (χ0v) is 19.7. The first kappa shape index (κ1) is 23.7. The highest BCUT2D eigenvalue weighted by Crippen LogP contribution is 2.46. The second-order valence-electron chi connectivity index (χ2n) is 7.69. The summed E-state index contributed by atoms with van der Waals surface area (Å²) in [6.07, 6.45) is 1.48. The monoisotopic (exact) mass is 479 g/mol. The minimum Gasteiger partial charge on any atom is -0.507 e. The molecule has 9 heteroatoms. The van der Waals surface area contributed by atoms with Crippen LogP contribution in [-0.4, -0.2) is 50.1 Å². The van der Waals surface area contributed by atoms with Crippen molar-refractivity contribution in [3.63, 3.8) is 0 Å². The Kier molecular flexibility index (Phi) is 6.68. The molecule has 1 atom stereocenters. The minimum absolute atomic E-state index is 0.0122. The SMILES string of the molecule is COc1ccc(C(O)=C2C(=O)C(=O)N(Cc3ccco3)[C@@H]2c2cc(OC)c(OC)c(OC)c2)cc1. The first-order valence-corrected chi connectivity index (χ1v) is 10.7. The summed E-state index contributed by atoms with van der Waals surface area (Å²) in [5, 5.41) is 11.2. The molecule has 4 rings (SSSR count). The number of aliphatic hydroxyl groups excluding tert-OH is 1. The van der Waals surface area contributed by atoms with Gasteiger partial charge in [-0.1, -0.05) is 0 Å². The number of likely N-dealkylation sites (tertiary alicyclic amines) is 1. The van der Waals surface area contributed by atoms with Gasteiger partial charge in [-0.15, -0.1) is 0 Å². The van der Waals surface area contributed by atoms with Crippen molar-refractivity contribution in [1.82, 2.24) is 4.90 Å². The molecule has 0 unspecified atom stereocenters. The molecular weight excluding hydrogens is 454 g/mol. The van der Waals surface area contributed by atoms with E-state index in [1.165, 1.54) is 39.6 Å². The Labute approximate surface area is 202 Å². The lowest BCUT2D eigenvalue weighted by atomic mass is 9.94. The molecule has 1 saturated heterocycles. The normalized spacial score (nSPS) is 16.9. The summed E-state index contributed by atoms with van der Waals surface area (Å²) in [5.74, 6) is 0.210. The van der Waals surface area contributed by atoms with Gasteiger partial charge in [0.25, 0.3) is 11.7 Å². The second-order valence-corrected chi connectivity index (χ2v) is 7.69. The smallest absolute Gasteiger partial charge is 0.296 e. The third-order valence-electron chi connectivity index (χ3n) is 5.81. The topological polar surface area (TPSA) is 108 Å². The van der Waals surface area contributed by atoms with E-state index < -0.39 is 17.7 Å². The summed E-state index contributed by atoms with van der Waals surface area (Å²) in [7, 11) is 5.95. The summed E-state index contributed by atoms with van der Waals surface area (Å²) in [4.78, 5) is 27.8. The Morgan fingerprint density at radius 3 is 2.11 bits per heavy atom. The number of carbonyl (C=O) groups is 2. The van der Waals surface area contributed by atoms with Crippen molar-refractivity contribution in [2.45, 2.75) is 12.6 Å². The summed E-state index contributed by atoms with van der Waals surface area (Å²) in [6, 6.07) is 12.3. The van der Waals surface area contributed by atoms with Crippen molar-refractivity contribution in [1.29, 1.82) is 0 Å². The van der Waals surface area contributed by atoms with Gasteiger partial charge in [-0.25, -0.2) is 0 Å². The van der Waals surface area contributed by atoms with Gasteiger partial charge in [-0.2, -0.15) is 0 Å². The molecule has 1 aliphatic heterocycles. The van der Waals surface area contributed by atoms with E-state index in [-0.39, 0.29) is 17.9 Å². The summed E-state index contributed by atoms with van der Waals surface area (Å²) in [6.45, 7) is 0.0122. The van der Waals surface area contributed by atoms with E-state index in [0.717, 1.165) is 0 Å². The maximum atomic E-state index is 13.2. The molecule has 182 valence electrons. The lowest BCUT2D eigenvalue weighted by molar-refractivity contribution is -0.140. The zero-order valence-electron chi connectivity index (χ0n) is 19.7. The van der Waals surface area contributed by atoms with E-state index in [2.05, 4.69) is 0 Å². The Hall–Kier alpha value is -4.40. The summed E-state index contributed by atoms with van der Waals surface area (Å²) in [5.41, 5.74) is 0.778. The summed E-state index contributed by atoms with van der Waals surface area (Å²) >= 11 is 0. The van der Waals surface area contributed by atoms with Gasteiger partial charge in [0.15, 0.2) is 11.5 Å². The highest BCUT2D eigenvalue weighted by molar-refractivity contribution is 6.46. The maximum Gasteiger partial charge on any atom is 0.296 e. The second kappa shape index (κ2) is 9.84. The van der Waals surface area contributed by atoms with Gasteiger partial charge >= 0.3 is 0 Å². The van der Waals surface area contributed by atoms with Crippen LogP contribution < -0.4 is 18.9 Å². The van der Waals surface area contributed by atoms with Crippen molar-refractivity contribution in [3.05, 3.63) is 77.3 Å². The molecule has 35 heavy (non-hydrogen) atoms. The van der Waals surface area contributed by atoms with Crippen LogP contribution in [0, 0.1) is 0 Å². The van der Waals surface area contributed by atoms with E-state index >= 15 is 0 Å². The molecule has 1 aliphatic rings. The Balaban J connectivity index is 1.92. The largest absolute Gasteiger partial charge is 0.507 e. The molecule has 1 aromatic heterocycles. The number of benzene rings is 2. The van der Waals surface area contributed by atoms with Crippen LogP contribution in [0.15, 0.2) is 64.8 Å². The van der Waals surface area contributed by atoms with Gasteiger partial charge < -0.3 is 33.4 Å². The number of methoxy groups -OCH3 is 4. The highest BCUT2D eigenvalue weighted by atomic mass is 16.5. The number of amides is 1. The van der Waals surface area contributed by atoms with Gasteiger partial charge in [0.2, 0.25) is 5.75 Å². The average molecular weight is 479 g/mol. The molecule has 0 saturated carbocycles. The molecule has 9 nitrogen and oxygen atoms in total. The number of rotatable bonds is 8. The number of furan rings is 1. The van der Waals surface area contributed by atoms with Crippen LogP contribution >= 0.6 is 0 Å². The molecule has 3 aromatic rings. The highest BCUT2D eigenvalue weighted by Gasteiger charge is 2.47. The van der Waals surface area contributed by atoms with Crippen LogP contribution in [0.3, 0.4) is 0 Å². The molecule has 1 N–H and O–H groups in total. The molecule has 1 amide bonds. The number of nitrogens with zero attached hydrogens (tertiary/aromatic N) is 1. The molecule has 0 radical (unpaired) electrons. The Morgan fingerprint density at radius 1 is 0.943 bits per heavy atom. The van der Waals surface area contributed by atoms with Crippen LogP contribution in [0.25, 0.3) is 5.76 Å². The summed E-state index contributed by atoms with van der Waals surface area (Å²) < 4.78 is 27.0. The molecule has 1 fully saturated rings. The van der Waals surface area contributed by atoms with Crippen LogP contribution in [0.4, 0.5) is 0 Å². The predicted molar refractivity (Wildman–Crippen MR) is 126 cm³/mol. The fraction of sp³-hybridized carbons (Fsp3) is 0.231. The quantitative estimate of drug-likeness (QED) is 0.294. The fourth-order valence-corrected chi connectivity index (χ4v) is 4.12. The van der Waals surface area contributed by atoms with Crippen molar-refractivity contribution < 1.29 is 38.1 Å². The van der Waals surface area contributed by atoms with Crippen LogP contribution in [-0.2, 0) is 16.1 Å². The van der Waals surface area contributed by atoms with Gasteiger partial charge in [-0.05, 0) is 54.1 Å². The number of hydrogen-bond acceptors (Lipinski definition) is 8. The maximum absolute atomic E-state index is 13.2. The molecule has 2 heterocycles. The molecule has 0 spiro atoms.